The number of carbonyl (C=O) groups excluding carboxylic acids is 1. The Morgan fingerprint density at radius 2 is 1.96 bits per heavy atom. The number of carbonyl (C=O) groups is 1. The predicted molar refractivity (Wildman–Crippen MR) is 104 cm³/mol. The SMILES string of the molecule is Cc1nc2ncnn2c(C)c1CCC(=O)Nc1onc(-c2ccccc2)c1C. The number of amides is 1. The molecule has 4 aromatic rings. The third-order valence-electron chi connectivity index (χ3n) is 4.81. The van der Waals surface area contributed by atoms with Gasteiger partial charge in [-0.1, -0.05) is 35.5 Å². The topological polar surface area (TPSA) is 98.2 Å². The molecule has 8 heteroatoms. The van der Waals surface area contributed by atoms with Gasteiger partial charge in [0.15, 0.2) is 0 Å². The zero-order valence-electron chi connectivity index (χ0n) is 15.9. The Hall–Kier alpha value is -3.55. The normalized spacial score (nSPS) is 11.1. The van der Waals surface area contributed by atoms with Crippen LogP contribution in [0.2, 0.25) is 0 Å². The van der Waals surface area contributed by atoms with Gasteiger partial charge in [0.05, 0.1) is 0 Å². The first-order chi connectivity index (χ1) is 13.5. The van der Waals surface area contributed by atoms with Crippen LogP contribution in [0.4, 0.5) is 5.88 Å². The maximum absolute atomic E-state index is 12.5. The second-order valence-electron chi connectivity index (χ2n) is 6.63. The van der Waals surface area contributed by atoms with Crippen LogP contribution in [-0.4, -0.2) is 30.6 Å². The van der Waals surface area contributed by atoms with Gasteiger partial charge in [-0.05, 0) is 32.8 Å². The summed E-state index contributed by atoms with van der Waals surface area (Å²) in [5, 5.41) is 11.1. The average molecular weight is 376 g/mol. The number of nitrogens with zero attached hydrogens (tertiary/aromatic N) is 5. The summed E-state index contributed by atoms with van der Waals surface area (Å²) >= 11 is 0. The first kappa shape index (κ1) is 17.8. The number of anilines is 1. The van der Waals surface area contributed by atoms with Crippen LogP contribution in [0.1, 0.15) is 28.9 Å². The molecule has 0 atom stereocenters. The summed E-state index contributed by atoms with van der Waals surface area (Å²) in [5.74, 6) is 0.799. The van der Waals surface area contributed by atoms with E-state index in [0.717, 1.165) is 33.8 Å². The van der Waals surface area contributed by atoms with Crippen molar-refractivity contribution in [3.05, 3.63) is 59.2 Å². The minimum absolute atomic E-state index is 0.142. The van der Waals surface area contributed by atoms with E-state index < -0.39 is 0 Å². The standard InChI is InChI=1S/C20H20N6O2/c1-12-18(15-7-5-4-6-8-15)25-28-19(12)24-17(27)10-9-16-13(2)23-20-21-11-22-26(20)14(16)3/h4-8,11H,9-10H2,1-3H3,(H,24,27). The monoisotopic (exact) mass is 376 g/mol. The molecule has 1 N–H and O–H groups in total. The summed E-state index contributed by atoms with van der Waals surface area (Å²) in [6.07, 6.45) is 2.32. The number of benzene rings is 1. The summed E-state index contributed by atoms with van der Waals surface area (Å²) in [5.41, 5.74) is 5.26. The fourth-order valence-electron chi connectivity index (χ4n) is 3.26. The molecule has 142 valence electrons. The van der Waals surface area contributed by atoms with Crippen LogP contribution < -0.4 is 5.32 Å². The van der Waals surface area contributed by atoms with Crippen molar-refractivity contribution < 1.29 is 9.32 Å². The minimum atomic E-state index is -0.142. The molecular formula is C20H20N6O2. The summed E-state index contributed by atoms with van der Waals surface area (Å²) in [6.45, 7) is 5.75. The van der Waals surface area contributed by atoms with Gasteiger partial charge in [0.2, 0.25) is 11.8 Å². The molecule has 0 spiro atoms. The predicted octanol–water partition coefficient (Wildman–Crippen LogP) is 3.28. The fraction of sp³-hybridized carbons (Fsp3) is 0.250. The van der Waals surface area contributed by atoms with Crippen molar-refractivity contribution in [2.45, 2.75) is 33.6 Å². The number of hydrogen-bond acceptors (Lipinski definition) is 6. The molecule has 0 aliphatic rings. The van der Waals surface area contributed by atoms with Crippen molar-refractivity contribution in [1.82, 2.24) is 24.7 Å². The van der Waals surface area contributed by atoms with Gasteiger partial charge in [-0.15, -0.1) is 0 Å². The molecule has 0 aliphatic heterocycles. The highest BCUT2D eigenvalue weighted by molar-refractivity contribution is 5.91. The maximum Gasteiger partial charge on any atom is 0.252 e. The third-order valence-corrected chi connectivity index (χ3v) is 4.81. The Bertz CT molecular complexity index is 1150. The first-order valence-corrected chi connectivity index (χ1v) is 9.02. The van der Waals surface area contributed by atoms with Gasteiger partial charge in [0.1, 0.15) is 12.0 Å². The second kappa shape index (κ2) is 7.22. The van der Waals surface area contributed by atoms with Crippen LogP contribution in [0.25, 0.3) is 17.0 Å². The molecule has 3 heterocycles. The molecule has 0 fully saturated rings. The second-order valence-corrected chi connectivity index (χ2v) is 6.63. The maximum atomic E-state index is 12.5. The molecule has 0 aliphatic carbocycles. The minimum Gasteiger partial charge on any atom is -0.338 e. The molecule has 3 aromatic heterocycles. The Morgan fingerprint density at radius 3 is 2.75 bits per heavy atom. The Balaban J connectivity index is 1.47. The molecule has 1 amide bonds. The van der Waals surface area contributed by atoms with E-state index in [4.69, 9.17) is 4.52 Å². The van der Waals surface area contributed by atoms with Crippen molar-refractivity contribution >= 4 is 17.6 Å². The largest absolute Gasteiger partial charge is 0.338 e. The number of rotatable bonds is 5. The van der Waals surface area contributed by atoms with Crippen LogP contribution in [0.15, 0.2) is 41.2 Å². The smallest absolute Gasteiger partial charge is 0.252 e. The van der Waals surface area contributed by atoms with E-state index in [9.17, 15) is 4.79 Å². The van der Waals surface area contributed by atoms with E-state index in [-0.39, 0.29) is 5.91 Å². The molecule has 0 saturated carbocycles. The Kier molecular flexibility index (Phi) is 4.60. The van der Waals surface area contributed by atoms with Crippen molar-refractivity contribution in [3.63, 3.8) is 0 Å². The molecule has 0 unspecified atom stereocenters. The highest BCUT2D eigenvalue weighted by Gasteiger charge is 2.17. The van der Waals surface area contributed by atoms with Gasteiger partial charge in [-0.2, -0.15) is 10.1 Å². The van der Waals surface area contributed by atoms with E-state index in [2.05, 4.69) is 25.5 Å². The Morgan fingerprint density at radius 1 is 1.18 bits per heavy atom. The van der Waals surface area contributed by atoms with Crippen molar-refractivity contribution in [2.75, 3.05) is 5.32 Å². The van der Waals surface area contributed by atoms with Gasteiger partial charge < -0.3 is 4.52 Å². The molecule has 0 saturated heterocycles. The molecule has 28 heavy (non-hydrogen) atoms. The summed E-state index contributed by atoms with van der Waals surface area (Å²) in [7, 11) is 0. The number of hydrogen-bond donors (Lipinski definition) is 1. The summed E-state index contributed by atoms with van der Waals surface area (Å²) < 4.78 is 7.04. The van der Waals surface area contributed by atoms with Gasteiger partial charge >= 0.3 is 0 Å². The molecule has 0 radical (unpaired) electrons. The molecular weight excluding hydrogens is 356 g/mol. The lowest BCUT2D eigenvalue weighted by molar-refractivity contribution is -0.116. The van der Waals surface area contributed by atoms with Crippen molar-refractivity contribution in [3.8, 4) is 11.3 Å². The quantitative estimate of drug-likeness (QED) is 0.574. The van der Waals surface area contributed by atoms with Crippen LogP contribution in [0.5, 0.6) is 0 Å². The van der Waals surface area contributed by atoms with E-state index in [1.165, 1.54) is 6.33 Å². The van der Waals surface area contributed by atoms with Gasteiger partial charge in [-0.3, -0.25) is 10.1 Å². The van der Waals surface area contributed by atoms with E-state index in [1.807, 2.05) is 51.1 Å². The lowest BCUT2D eigenvalue weighted by Gasteiger charge is -2.10. The summed E-state index contributed by atoms with van der Waals surface area (Å²) in [6, 6.07) is 9.72. The average Bonchev–Trinajstić information content (AvgIpc) is 3.29. The zero-order valence-corrected chi connectivity index (χ0v) is 15.9. The third kappa shape index (κ3) is 3.24. The fourth-order valence-corrected chi connectivity index (χ4v) is 3.26. The summed E-state index contributed by atoms with van der Waals surface area (Å²) in [4.78, 5) is 21.0. The first-order valence-electron chi connectivity index (χ1n) is 9.02. The van der Waals surface area contributed by atoms with Crippen molar-refractivity contribution in [1.29, 1.82) is 0 Å². The molecule has 1 aromatic carbocycles. The number of aryl methyl sites for hydroxylation is 2. The zero-order chi connectivity index (χ0) is 19.7. The van der Waals surface area contributed by atoms with Crippen LogP contribution in [-0.2, 0) is 11.2 Å². The number of fused-ring (bicyclic) bond motifs is 1. The lowest BCUT2D eigenvalue weighted by atomic mass is 10.1. The van der Waals surface area contributed by atoms with Crippen LogP contribution >= 0.6 is 0 Å². The van der Waals surface area contributed by atoms with Gasteiger partial charge in [-0.25, -0.2) is 9.50 Å². The van der Waals surface area contributed by atoms with Crippen LogP contribution in [0, 0.1) is 20.8 Å². The highest BCUT2D eigenvalue weighted by atomic mass is 16.5. The highest BCUT2D eigenvalue weighted by Crippen LogP contribution is 2.27. The van der Waals surface area contributed by atoms with Gasteiger partial charge in [0, 0.05) is 28.9 Å². The van der Waals surface area contributed by atoms with E-state index in [1.54, 1.807) is 4.52 Å². The molecule has 0 bridgehead atoms. The molecule has 4 rings (SSSR count). The van der Waals surface area contributed by atoms with E-state index in [0.29, 0.717) is 24.5 Å². The van der Waals surface area contributed by atoms with E-state index >= 15 is 0 Å². The van der Waals surface area contributed by atoms with Gasteiger partial charge in [0.25, 0.3) is 5.78 Å². The molecule has 8 nitrogen and oxygen atoms in total. The number of nitrogens with one attached hydrogen (secondary N) is 1. The number of aromatic nitrogens is 5. The Labute approximate surface area is 161 Å². The van der Waals surface area contributed by atoms with Crippen molar-refractivity contribution in [2.24, 2.45) is 0 Å². The van der Waals surface area contributed by atoms with Crippen LogP contribution in [0.3, 0.4) is 0 Å². The lowest BCUT2D eigenvalue weighted by Crippen LogP contribution is -2.14.